The van der Waals surface area contributed by atoms with E-state index in [1.54, 1.807) is 46.9 Å². The average molecular weight is 1230 g/mol. The predicted molar refractivity (Wildman–Crippen MR) is 337 cm³/mol. The van der Waals surface area contributed by atoms with Gasteiger partial charge in [-0.2, -0.15) is 0 Å². The minimum atomic E-state index is -3.66. The maximum atomic E-state index is 13.3. The number of methoxy groups -OCH3 is 2. The molecule has 12 rings (SSSR count). The van der Waals surface area contributed by atoms with Gasteiger partial charge in [-0.05, 0) is 33.4 Å². The summed E-state index contributed by atoms with van der Waals surface area (Å²) >= 11 is 1.72. The first-order valence-electron chi connectivity index (χ1n) is 29.0. The molecule has 22 heteroatoms. The lowest BCUT2D eigenvalue weighted by molar-refractivity contribution is -0.0580. The minimum Gasteiger partial charge on any atom is -0.387 e. The number of rotatable bonds is 24. The first-order valence-corrected chi connectivity index (χ1v) is 31.9. The molecule has 88 heavy (non-hydrogen) atoms. The van der Waals surface area contributed by atoms with Crippen LogP contribution in [0.5, 0.6) is 0 Å². The van der Waals surface area contributed by atoms with E-state index in [0.29, 0.717) is 58.5 Å². The van der Waals surface area contributed by atoms with Crippen LogP contribution in [0, 0.1) is 0 Å². The SMILES string of the molecule is COC[C@H]1O[C@@H](n2cnc3c(NCC(c4ccccc4)c4ccccc4)nc(CS(=O)(=O)Cc4ccccc4)nc32)[C@H](O)[C@@H]1O.COC[C@H]1O[C@@H](n2cnc3c(NCC(c4ccccc4)c4ccccc4)nc(CSCc4ccccc4)nc32)[C@H](O)[C@@H]1O. The summed E-state index contributed by atoms with van der Waals surface area (Å²) < 4.78 is 52.1. The number of anilines is 2. The van der Waals surface area contributed by atoms with Gasteiger partial charge in [0.1, 0.15) is 54.0 Å². The number of nitrogens with one attached hydrogen (secondary N) is 2. The fourth-order valence-corrected chi connectivity index (χ4v) is 13.3. The molecule has 6 heterocycles. The van der Waals surface area contributed by atoms with Crippen LogP contribution in [0.25, 0.3) is 22.3 Å². The number of fused-ring (bicyclic) bond motifs is 2. The summed E-state index contributed by atoms with van der Waals surface area (Å²) in [5.41, 5.74) is 8.20. The normalized spacial score (nSPS) is 20.2. The Morgan fingerprint density at radius 1 is 0.489 bits per heavy atom. The number of thioether (sulfide) groups is 1. The van der Waals surface area contributed by atoms with Gasteiger partial charge in [-0.3, -0.25) is 9.13 Å². The number of nitrogens with zero attached hydrogens (tertiary/aromatic N) is 8. The second-order valence-electron chi connectivity index (χ2n) is 21.6. The Kier molecular flexibility index (Phi) is 20.2. The van der Waals surface area contributed by atoms with E-state index < -0.39 is 64.7 Å². The molecule has 0 saturated carbocycles. The fraction of sp³-hybridized carbons (Fsp3) is 0.303. The van der Waals surface area contributed by atoms with Crippen molar-refractivity contribution < 1.29 is 47.8 Å². The van der Waals surface area contributed by atoms with Gasteiger partial charge < -0.3 is 50.0 Å². The topological polar surface area (TPSA) is 263 Å². The lowest BCUT2D eigenvalue weighted by Crippen LogP contribution is -2.33. The lowest BCUT2D eigenvalue weighted by atomic mass is 9.91. The predicted octanol–water partition coefficient (Wildman–Crippen LogP) is 8.22. The largest absolute Gasteiger partial charge is 0.387 e. The quantitative estimate of drug-likeness (QED) is 0.0333. The molecule has 6 N–H and O–H groups in total. The van der Waals surface area contributed by atoms with Crippen molar-refractivity contribution in [3.63, 3.8) is 0 Å². The molecule has 2 saturated heterocycles. The van der Waals surface area contributed by atoms with E-state index in [1.165, 1.54) is 41.8 Å². The van der Waals surface area contributed by atoms with Gasteiger partial charge in [-0.15, -0.1) is 11.8 Å². The molecule has 0 amide bonds. The van der Waals surface area contributed by atoms with E-state index >= 15 is 0 Å². The van der Waals surface area contributed by atoms with Crippen molar-refractivity contribution >= 4 is 55.6 Å². The van der Waals surface area contributed by atoms with E-state index in [0.717, 1.165) is 16.9 Å². The molecule has 0 bridgehead atoms. The summed E-state index contributed by atoms with van der Waals surface area (Å²) in [6.45, 7) is 1.25. The number of benzene rings is 6. The third-order valence-electron chi connectivity index (χ3n) is 15.5. The monoisotopic (exact) mass is 1230 g/mol. The van der Waals surface area contributed by atoms with Crippen LogP contribution in [0.15, 0.2) is 195 Å². The van der Waals surface area contributed by atoms with Gasteiger partial charge in [-0.1, -0.05) is 182 Å². The Balaban J connectivity index is 0.000000182. The van der Waals surface area contributed by atoms with Crippen molar-refractivity contribution in [1.29, 1.82) is 0 Å². The average Bonchev–Trinajstić information content (AvgIpc) is 3.80. The Morgan fingerprint density at radius 3 is 1.27 bits per heavy atom. The number of hydrogen-bond acceptors (Lipinski definition) is 19. The van der Waals surface area contributed by atoms with E-state index in [1.807, 2.05) is 72.8 Å². The molecular formula is C66H70N10O10S2. The number of aliphatic hydroxyl groups is 4. The van der Waals surface area contributed by atoms with E-state index in [9.17, 15) is 28.8 Å². The Hall–Kier alpha value is -8.00. The number of aromatic nitrogens is 8. The lowest BCUT2D eigenvalue weighted by Gasteiger charge is -2.20. The third kappa shape index (κ3) is 14.6. The molecule has 0 unspecified atom stereocenters. The molecular weight excluding hydrogens is 1160 g/mol. The number of imidazole rings is 2. The number of hydrogen-bond donors (Lipinski definition) is 6. The summed E-state index contributed by atoms with van der Waals surface area (Å²) in [5, 5.41) is 49.9. The zero-order chi connectivity index (χ0) is 61.0. The van der Waals surface area contributed by atoms with Crippen molar-refractivity contribution in [2.75, 3.05) is 51.2 Å². The molecule has 0 radical (unpaired) electrons. The summed E-state index contributed by atoms with van der Waals surface area (Å²) in [6.07, 6.45) is -5.04. The van der Waals surface area contributed by atoms with Crippen LogP contribution >= 0.6 is 11.8 Å². The summed E-state index contributed by atoms with van der Waals surface area (Å²) in [7, 11) is -0.648. The van der Waals surface area contributed by atoms with Gasteiger partial charge in [0, 0.05) is 44.9 Å². The van der Waals surface area contributed by atoms with Crippen molar-refractivity contribution in [1.82, 2.24) is 39.0 Å². The molecule has 2 fully saturated rings. The van der Waals surface area contributed by atoms with Gasteiger partial charge in [0.25, 0.3) is 0 Å². The van der Waals surface area contributed by atoms with E-state index in [-0.39, 0.29) is 42.3 Å². The summed E-state index contributed by atoms with van der Waals surface area (Å²) in [4.78, 5) is 28.2. The van der Waals surface area contributed by atoms with Gasteiger partial charge in [0.15, 0.2) is 56.3 Å². The summed E-state index contributed by atoms with van der Waals surface area (Å²) in [6, 6.07) is 60.2. The minimum absolute atomic E-state index is 0.0466. The molecule has 4 aromatic heterocycles. The van der Waals surface area contributed by atoms with Gasteiger partial charge in [0.2, 0.25) is 0 Å². The molecule has 456 valence electrons. The van der Waals surface area contributed by atoms with Crippen molar-refractivity contribution in [2.45, 2.75) is 83.9 Å². The third-order valence-corrected chi connectivity index (χ3v) is 18.0. The van der Waals surface area contributed by atoms with Gasteiger partial charge in [-0.25, -0.2) is 38.3 Å². The molecule has 10 aromatic rings. The Morgan fingerprint density at radius 2 is 0.864 bits per heavy atom. The molecule has 0 aliphatic carbocycles. The number of aliphatic hydroxyl groups excluding tert-OH is 4. The van der Waals surface area contributed by atoms with Gasteiger partial charge >= 0.3 is 0 Å². The highest BCUT2D eigenvalue weighted by atomic mass is 32.2. The first-order chi connectivity index (χ1) is 42.9. The first kappa shape index (κ1) is 61.6. The van der Waals surface area contributed by atoms with Crippen LogP contribution in [-0.2, 0) is 51.8 Å². The number of sulfone groups is 1. The maximum absolute atomic E-state index is 13.3. The number of ether oxygens (including phenoxy) is 4. The fourth-order valence-electron chi connectivity index (χ4n) is 11.1. The molecule has 2 aliphatic rings. The standard InChI is InChI=1S/C33H35N5O6S.C33H35N5O4S/c1-43-18-26-29(39)30(40)33(44-26)38-21-35-28-31(34-17-25(23-13-7-3-8-14-23)24-15-9-4-10-16-24)36-27(37-32(28)38)20-45(41,42)19-22-11-5-2-6-12-22;1-41-18-26-29(39)30(40)33(42-26)38-21-35-28-31(36-27(37-32(28)38)20-43-19-22-11-5-2-6-12-22)34-17-25(23-13-7-3-8-14-23)24-15-9-4-10-16-24/h2-16,21,25-26,29-30,33,39-40H,17-20H2,1H3,(H,34,36,37);2-16,21,25-26,29-30,33,39-40H,17-20H2,1H3,(H,34,36,37)/t2*26-,29-,30-,33-/m11/s1. The van der Waals surface area contributed by atoms with Crippen LogP contribution in [0.4, 0.5) is 11.6 Å². The molecule has 20 nitrogen and oxygen atoms in total. The van der Waals surface area contributed by atoms with Crippen LogP contribution in [0.1, 0.15) is 69.3 Å². The van der Waals surface area contributed by atoms with E-state index in [4.69, 9.17) is 28.9 Å². The zero-order valence-electron chi connectivity index (χ0n) is 48.5. The van der Waals surface area contributed by atoms with Gasteiger partial charge in [0.05, 0.1) is 37.4 Å². The molecule has 6 aromatic carbocycles. The van der Waals surface area contributed by atoms with Crippen molar-refractivity contribution in [3.8, 4) is 0 Å². The Labute approximate surface area is 514 Å². The van der Waals surface area contributed by atoms with Crippen molar-refractivity contribution in [2.24, 2.45) is 0 Å². The van der Waals surface area contributed by atoms with Crippen LogP contribution in [0.3, 0.4) is 0 Å². The van der Waals surface area contributed by atoms with Crippen LogP contribution in [-0.4, -0.2) is 145 Å². The highest BCUT2D eigenvalue weighted by molar-refractivity contribution is 7.97. The van der Waals surface area contributed by atoms with E-state index in [2.05, 4.69) is 115 Å². The Bertz CT molecular complexity index is 3860. The smallest absolute Gasteiger partial charge is 0.168 e. The maximum Gasteiger partial charge on any atom is 0.168 e. The molecule has 2 aliphatic heterocycles. The highest BCUT2D eigenvalue weighted by Gasteiger charge is 2.46. The molecule has 8 atom stereocenters. The van der Waals surface area contributed by atoms with Crippen LogP contribution in [0.2, 0.25) is 0 Å². The highest BCUT2D eigenvalue weighted by Crippen LogP contribution is 2.36. The second kappa shape index (κ2) is 28.9. The zero-order valence-corrected chi connectivity index (χ0v) is 50.2. The van der Waals surface area contributed by atoms with Crippen LogP contribution < -0.4 is 10.6 Å². The summed E-state index contributed by atoms with van der Waals surface area (Å²) in [5.74, 6) is 2.51. The second-order valence-corrected chi connectivity index (χ2v) is 24.7. The molecule has 0 spiro atoms. The van der Waals surface area contributed by atoms with Crippen molar-refractivity contribution in [3.05, 3.63) is 240 Å².